The van der Waals surface area contributed by atoms with E-state index < -0.39 is 0 Å². The maximum atomic E-state index is 5.43. The first-order valence-corrected chi connectivity index (χ1v) is 8.70. The second-order valence-corrected chi connectivity index (χ2v) is 7.32. The summed E-state index contributed by atoms with van der Waals surface area (Å²) in [7, 11) is 4.36. The van der Waals surface area contributed by atoms with Gasteiger partial charge in [0.2, 0.25) is 0 Å². The number of benzene rings is 1. The molecule has 0 heterocycles. The van der Waals surface area contributed by atoms with Crippen LogP contribution in [0.15, 0.2) is 28.7 Å². The Morgan fingerprint density at radius 2 is 2.00 bits per heavy atom. The summed E-state index contributed by atoms with van der Waals surface area (Å²) in [6.07, 6.45) is 6.46. The second-order valence-electron chi connectivity index (χ2n) is 6.00. The van der Waals surface area contributed by atoms with Crippen LogP contribution in [0.3, 0.4) is 0 Å². The molecule has 0 radical (unpaired) electrons. The van der Waals surface area contributed by atoms with Gasteiger partial charge in [0.05, 0.1) is 0 Å². The van der Waals surface area contributed by atoms with Crippen molar-refractivity contribution in [2.75, 3.05) is 26.0 Å². The highest BCUT2D eigenvalue weighted by Crippen LogP contribution is 2.31. The molecule has 2 rings (SSSR count). The maximum absolute atomic E-state index is 5.43. The SMILES string of the molecule is CN(C)C1(CNC(=S)Nc2cccc(Br)c2)CCCCC1. The summed E-state index contributed by atoms with van der Waals surface area (Å²) < 4.78 is 1.05. The van der Waals surface area contributed by atoms with E-state index in [1.165, 1.54) is 32.1 Å². The molecule has 1 aliphatic carbocycles. The molecule has 0 aromatic heterocycles. The first-order chi connectivity index (χ1) is 10.0. The number of hydrogen-bond donors (Lipinski definition) is 2. The highest BCUT2D eigenvalue weighted by atomic mass is 79.9. The molecule has 0 spiro atoms. The van der Waals surface area contributed by atoms with E-state index in [4.69, 9.17) is 12.2 Å². The average molecular weight is 370 g/mol. The van der Waals surface area contributed by atoms with Gasteiger partial charge in [-0.3, -0.25) is 0 Å². The first-order valence-electron chi connectivity index (χ1n) is 7.50. The van der Waals surface area contributed by atoms with Gasteiger partial charge in [-0.1, -0.05) is 41.3 Å². The number of nitrogens with one attached hydrogen (secondary N) is 2. The van der Waals surface area contributed by atoms with Crippen molar-refractivity contribution in [3.63, 3.8) is 0 Å². The predicted octanol–water partition coefficient (Wildman–Crippen LogP) is 4.00. The van der Waals surface area contributed by atoms with Gasteiger partial charge in [0.15, 0.2) is 5.11 Å². The van der Waals surface area contributed by atoms with Crippen LogP contribution in [-0.4, -0.2) is 36.2 Å². The molecule has 1 aromatic rings. The maximum Gasteiger partial charge on any atom is 0.170 e. The van der Waals surface area contributed by atoms with Crippen LogP contribution in [0, 0.1) is 0 Å². The van der Waals surface area contributed by atoms with Gasteiger partial charge in [-0.15, -0.1) is 0 Å². The summed E-state index contributed by atoms with van der Waals surface area (Å²) in [5.41, 5.74) is 1.24. The van der Waals surface area contributed by atoms with Crippen molar-refractivity contribution in [3.8, 4) is 0 Å². The molecule has 2 N–H and O–H groups in total. The van der Waals surface area contributed by atoms with Crippen molar-refractivity contribution in [2.45, 2.75) is 37.6 Å². The fraction of sp³-hybridized carbons (Fsp3) is 0.562. The monoisotopic (exact) mass is 369 g/mol. The molecule has 0 unspecified atom stereocenters. The molecule has 0 aliphatic heterocycles. The van der Waals surface area contributed by atoms with E-state index in [1.807, 2.05) is 24.3 Å². The fourth-order valence-corrected chi connectivity index (χ4v) is 3.57. The fourth-order valence-electron chi connectivity index (χ4n) is 2.98. The Kier molecular flexibility index (Phi) is 6.02. The summed E-state index contributed by atoms with van der Waals surface area (Å²) in [4.78, 5) is 2.36. The highest BCUT2D eigenvalue weighted by molar-refractivity contribution is 9.10. The molecule has 21 heavy (non-hydrogen) atoms. The highest BCUT2D eigenvalue weighted by Gasteiger charge is 2.34. The van der Waals surface area contributed by atoms with E-state index in [9.17, 15) is 0 Å². The van der Waals surface area contributed by atoms with Crippen molar-refractivity contribution in [2.24, 2.45) is 0 Å². The molecule has 1 fully saturated rings. The number of anilines is 1. The van der Waals surface area contributed by atoms with E-state index in [2.05, 4.69) is 45.6 Å². The average Bonchev–Trinajstić information content (AvgIpc) is 2.46. The largest absolute Gasteiger partial charge is 0.361 e. The van der Waals surface area contributed by atoms with Crippen LogP contribution < -0.4 is 10.6 Å². The van der Waals surface area contributed by atoms with Crippen LogP contribution >= 0.6 is 28.1 Å². The van der Waals surface area contributed by atoms with Gasteiger partial charge in [-0.05, 0) is 57.4 Å². The van der Waals surface area contributed by atoms with E-state index >= 15 is 0 Å². The minimum absolute atomic E-state index is 0.237. The van der Waals surface area contributed by atoms with Crippen molar-refractivity contribution < 1.29 is 0 Å². The van der Waals surface area contributed by atoms with Gasteiger partial charge < -0.3 is 15.5 Å². The van der Waals surface area contributed by atoms with Crippen molar-refractivity contribution in [1.29, 1.82) is 0 Å². The zero-order chi connectivity index (χ0) is 15.3. The minimum atomic E-state index is 0.237. The van der Waals surface area contributed by atoms with Crippen LogP contribution in [0.2, 0.25) is 0 Å². The van der Waals surface area contributed by atoms with Crippen molar-refractivity contribution in [1.82, 2.24) is 10.2 Å². The van der Waals surface area contributed by atoms with Crippen molar-refractivity contribution in [3.05, 3.63) is 28.7 Å². The zero-order valence-electron chi connectivity index (χ0n) is 12.8. The molecule has 0 bridgehead atoms. The molecule has 0 atom stereocenters. The molecule has 1 aromatic carbocycles. The Labute approximate surface area is 141 Å². The Bertz CT molecular complexity index is 484. The molecular formula is C16H24BrN3S. The van der Waals surface area contributed by atoms with Crippen LogP contribution in [0.1, 0.15) is 32.1 Å². The Balaban J connectivity index is 1.90. The normalized spacial score (nSPS) is 17.5. The summed E-state index contributed by atoms with van der Waals surface area (Å²) in [6.45, 7) is 0.903. The van der Waals surface area contributed by atoms with Gasteiger partial charge in [-0.2, -0.15) is 0 Å². The Morgan fingerprint density at radius 3 is 2.62 bits per heavy atom. The lowest BCUT2D eigenvalue weighted by Gasteiger charge is -2.43. The Morgan fingerprint density at radius 1 is 1.29 bits per heavy atom. The number of nitrogens with zero attached hydrogens (tertiary/aromatic N) is 1. The van der Waals surface area contributed by atoms with E-state index in [1.54, 1.807) is 0 Å². The number of thiocarbonyl (C=S) groups is 1. The lowest BCUT2D eigenvalue weighted by molar-refractivity contribution is 0.104. The van der Waals surface area contributed by atoms with Crippen LogP contribution in [0.5, 0.6) is 0 Å². The molecule has 116 valence electrons. The van der Waals surface area contributed by atoms with E-state index in [0.29, 0.717) is 5.11 Å². The predicted molar refractivity (Wildman–Crippen MR) is 97.9 cm³/mol. The van der Waals surface area contributed by atoms with Crippen LogP contribution in [0.25, 0.3) is 0 Å². The third-order valence-electron chi connectivity index (χ3n) is 4.39. The van der Waals surface area contributed by atoms with Crippen molar-refractivity contribution >= 4 is 38.9 Å². The van der Waals surface area contributed by atoms with E-state index in [-0.39, 0.29) is 5.54 Å². The summed E-state index contributed by atoms with van der Waals surface area (Å²) in [5, 5.41) is 7.35. The summed E-state index contributed by atoms with van der Waals surface area (Å²) >= 11 is 8.90. The molecule has 5 heteroatoms. The first kappa shape index (κ1) is 16.7. The molecule has 1 saturated carbocycles. The zero-order valence-corrected chi connectivity index (χ0v) is 15.2. The topological polar surface area (TPSA) is 27.3 Å². The van der Waals surface area contributed by atoms with Gasteiger partial charge in [0, 0.05) is 22.2 Å². The quantitative estimate of drug-likeness (QED) is 0.784. The minimum Gasteiger partial charge on any atom is -0.361 e. The third kappa shape index (κ3) is 4.66. The molecule has 1 aliphatic rings. The smallest absolute Gasteiger partial charge is 0.170 e. The summed E-state index contributed by atoms with van der Waals surface area (Å²) in [5.74, 6) is 0. The molecule has 0 amide bonds. The molecule has 3 nitrogen and oxygen atoms in total. The lowest BCUT2D eigenvalue weighted by Crippen LogP contribution is -2.54. The molecule has 0 saturated heterocycles. The second kappa shape index (κ2) is 7.56. The van der Waals surface area contributed by atoms with Gasteiger partial charge in [0.1, 0.15) is 0 Å². The van der Waals surface area contributed by atoms with E-state index in [0.717, 1.165) is 16.7 Å². The number of rotatable bonds is 4. The Hall–Kier alpha value is -0.650. The van der Waals surface area contributed by atoms with Gasteiger partial charge in [-0.25, -0.2) is 0 Å². The third-order valence-corrected chi connectivity index (χ3v) is 5.13. The van der Waals surface area contributed by atoms with Gasteiger partial charge in [0.25, 0.3) is 0 Å². The lowest BCUT2D eigenvalue weighted by atomic mass is 9.80. The van der Waals surface area contributed by atoms with Crippen LogP contribution in [0.4, 0.5) is 5.69 Å². The van der Waals surface area contributed by atoms with Crippen LogP contribution in [-0.2, 0) is 0 Å². The summed E-state index contributed by atoms with van der Waals surface area (Å²) in [6, 6.07) is 8.04. The van der Waals surface area contributed by atoms with Gasteiger partial charge >= 0.3 is 0 Å². The molecular weight excluding hydrogens is 346 g/mol. The number of likely N-dealkylation sites (N-methyl/N-ethyl adjacent to an activating group) is 1. The number of hydrogen-bond acceptors (Lipinski definition) is 2. The standard InChI is InChI=1S/C16H24BrN3S/c1-20(2)16(9-4-3-5-10-16)12-18-15(21)19-14-8-6-7-13(17)11-14/h6-8,11H,3-5,9-10,12H2,1-2H3,(H2,18,19,21). The number of halogens is 1.